The van der Waals surface area contributed by atoms with E-state index in [-0.39, 0.29) is 0 Å². The second kappa shape index (κ2) is 14.8. The third-order valence-corrected chi connectivity index (χ3v) is 6.24. The van der Waals surface area contributed by atoms with Gasteiger partial charge in [-0.3, -0.25) is 0 Å². The molecule has 2 rings (SSSR count). The second-order valence-electron chi connectivity index (χ2n) is 8.85. The van der Waals surface area contributed by atoms with Crippen molar-refractivity contribution in [1.29, 1.82) is 0 Å². The molecule has 11 nitrogen and oxygen atoms in total. The van der Waals surface area contributed by atoms with Gasteiger partial charge in [-0.25, -0.2) is 0 Å². The number of ether oxygens (including phenoxy) is 4. The first-order valence-corrected chi connectivity index (χ1v) is 12.1. The molecule has 2 heterocycles. The van der Waals surface area contributed by atoms with Crippen molar-refractivity contribution in [2.75, 3.05) is 19.8 Å². The van der Waals surface area contributed by atoms with Crippen LogP contribution >= 0.6 is 0 Å². The topological polar surface area (TPSA) is 179 Å². The molecule has 0 aromatic carbocycles. The van der Waals surface area contributed by atoms with E-state index in [1.165, 1.54) is 32.1 Å². The van der Waals surface area contributed by atoms with Crippen molar-refractivity contribution in [3.05, 3.63) is 0 Å². The SMILES string of the molecule is CCCCCCCCCCO[C@@H]1OC(CO)[C@@H](O[C@H]2OC(CO)[C@@H](O)[C@@H](O)C2O)C(O)[C@@H]1O. The summed E-state index contributed by atoms with van der Waals surface area (Å²) in [6.07, 6.45) is -5.35. The maximum absolute atomic E-state index is 10.6. The normalized spacial score (nSPS) is 39.6. The van der Waals surface area contributed by atoms with Gasteiger partial charge in [0.15, 0.2) is 12.6 Å². The number of aliphatic hydroxyl groups excluding tert-OH is 7. The minimum atomic E-state index is -1.69. The molecule has 0 aromatic heterocycles. The molecule has 0 bridgehead atoms. The largest absolute Gasteiger partial charge is 0.394 e. The highest BCUT2D eigenvalue weighted by atomic mass is 16.7. The van der Waals surface area contributed by atoms with Crippen molar-refractivity contribution < 1.29 is 54.7 Å². The van der Waals surface area contributed by atoms with Gasteiger partial charge in [-0.2, -0.15) is 0 Å². The molecule has 0 amide bonds. The fourth-order valence-corrected chi connectivity index (χ4v) is 4.13. The average Bonchev–Trinajstić information content (AvgIpc) is 2.82. The molecule has 4 unspecified atom stereocenters. The average molecular weight is 483 g/mol. The Hall–Kier alpha value is -0.440. The fraction of sp³-hybridized carbons (Fsp3) is 1.00. The zero-order valence-corrected chi connectivity index (χ0v) is 19.3. The van der Waals surface area contributed by atoms with Gasteiger partial charge in [0.05, 0.1) is 13.2 Å². The van der Waals surface area contributed by atoms with Crippen LogP contribution in [0.25, 0.3) is 0 Å². The monoisotopic (exact) mass is 482 g/mol. The molecular weight excluding hydrogens is 440 g/mol. The van der Waals surface area contributed by atoms with E-state index < -0.39 is 74.6 Å². The summed E-state index contributed by atoms with van der Waals surface area (Å²) in [6.45, 7) is 1.28. The van der Waals surface area contributed by atoms with Gasteiger partial charge in [0.1, 0.15) is 48.8 Å². The van der Waals surface area contributed by atoms with E-state index in [1.54, 1.807) is 0 Å². The first kappa shape index (κ1) is 28.8. The summed E-state index contributed by atoms with van der Waals surface area (Å²) in [5, 5.41) is 69.9. The third kappa shape index (κ3) is 8.04. The number of hydrogen-bond acceptors (Lipinski definition) is 11. The molecule has 10 atom stereocenters. The lowest BCUT2D eigenvalue weighted by Gasteiger charge is -2.45. The van der Waals surface area contributed by atoms with Gasteiger partial charge >= 0.3 is 0 Å². The summed E-state index contributed by atoms with van der Waals surface area (Å²) in [4.78, 5) is 0. The summed E-state index contributed by atoms with van der Waals surface area (Å²) < 4.78 is 22.0. The van der Waals surface area contributed by atoms with Crippen LogP contribution in [0.5, 0.6) is 0 Å². The highest BCUT2D eigenvalue weighted by Crippen LogP contribution is 2.29. The molecule has 2 aliphatic heterocycles. The maximum atomic E-state index is 10.6. The molecule has 0 saturated carbocycles. The Labute approximate surface area is 194 Å². The summed E-state index contributed by atoms with van der Waals surface area (Å²) in [5.41, 5.74) is 0. The Morgan fingerprint density at radius 3 is 1.76 bits per heavy atom. The van der Waals surface area contributed by atoms with E-state index in [4.69, 9.17) is 18.9 Å². The molecule has 2 fully saturated rings. The van der Waals surface area contributed by atoms with E-state index in [2.05, 4.69) is 6.92 Å². The number of unbranched alkanes of at least 4 members (excludes halogenated alkanes) is 7. The van der Waals surface area contributed by atoms with Crippen LogP contribution in [0.15, 0.2) is 0 Å². The molecule has 196 valence electrons. The van der Waals surface area contributed by atoms with Crippen molar-refractivity contribution in [1.82, 2.24) is 0 Å². The highest BCUT2D eigenvalue weighted by Gasteiger charge is 2.50. The Morgan fingerprint density at radius 2 is 1.15 bits per heavy atom. The quantitative estimate of drug-likeness (QED) is 0.147. The zero-order valence-electron chi connectivity index (χ0n) is 19.3. The van der Waals surface area contributed by atoms with Crippen LogP contribution < -0.4 is 0 Å². The lowest BCUT2D eigenvalue weighted by Crippen LogP contribution is -2.64. The van der Waals surface area contributed by atoms with E-state index in [9.17, 15) is 35.7 Å². The van der Waals surface area contributed by atoms with Crippen LogP contribution in [-0.2, 0) is 18.9 Å². The van der Waals surface area contributed by atoms with Crippen LogP contribution in [0.3, 0.4) is 0 Å². The van der Waals surface area contributed by atoms with Gasteiger partial charge < -0.3 is 54.7 Å². The van der Waals surface area contributed by atoms with E-state index >= 15 is 0 Å². The second-order valence-corrected chi connectivity index (χ2v) is 8.85. The first-order chi connectivity index (χ1) is 15.8. The minimum absolute atomic E-state index is 0.319. The van der Waals surface area contributed by atoms with Gasteiger partial charge in [-0.1, -0.05) is 51.9 Å². The number of hydrogen-bond donors (Lipinski definition) is 7. The van der Waals surface area contributed by atoms with Crippen molar-refractivity contribution in [3.8, 4) is 0 Å². The van der Waals surface area contributed by atoms with Crippen LogP contribution in [0, 0.1) is 0 Å². The Bertz CT molecular complexity index is 521. The van der Waals surface area contributed by atoms with Crippen molar-refractivity contribution in [2.45, 2.75) is 120 Å². The predicted molar refractivity (Wildman–Crippen MR) is 115 cm³/mol. The van der Waals surface area contributed by atoms with Gasteiger partial charge in [-0.05, 0) is 6.42 Å². The molecule has 7 N–H and O–H groups in total. The van der Waals surface area contributed by atoms with Crippen molar-refractivity contribution in [3.63, 3.8) is 0 Å². The molecule has 2 saturated heterocycles. The summed E-state index contributed by atoms with van der Waals surface area (Å²) in [6, 6.07) is 0. The fourth-order valence-electron chi connectivity index (χ4n) is 4.13. The molecule has 0 aliphatic carbocycles. The van der Waals surface area contributed by atoms with Crippen LogP contribution in [-0.4, -0.2) is 117 Å². The van der Waals surface area contributed by atoms with E-state index in [0.29, 0.717) is 6.61 Å². The molecule has 0 spiro atoms. The Balaban J connectivity index is 1.82. The lowest BCUT2D eigenvalue weighted by molar-refractivity contribution is -0.359. The summed E-state index contributed by atoms with van der Waals surface area (Å²) in [5.74, 6) is 0. The molecule has 0 aromatic rings. The molecule has 33 heavy (non-hydrogen) atoms. The summed E-state index contributed by atoms with van der Waals surface area (Å²) >= 11 is 0. The van der Waals surface area contributed by atoms with E-state index in [1.807, 2.05) is 0 Å². The zero-order chi connectivity index (χ0) is 24.4. The standard InChI is InChI=1S/C22H42O11/c1-2-3-4-5-6-7-8-9-10-30-21-19(29)17(27)20(14(12-24)32-21)33-22-18(28)16(26)15(25)13(11-23)31-22/h13-29H,2-12H2,1H3/t13?,14?,15-,16-,17?,18?,19+,20-,21-,22-/m1/s1. The minimum Gasteiger partial charge on any atom is -0.394 e. The first-order valence-electron chi connectivity index (χ1n) is 12.1. The lowest BCUT2D eigenvalue weighted by atomic mass is 9.97. The van der Waals surface area contributed by atoms with Crippen LogP contribution in [0.2, 0.25) is 0 Å². The third-order valence-electron chi connectivity index (χ3n) is 6.24. The predicted octanol–water partition coefficient (Wildman–Crippen LogP) is -1.23. The molecule has 0 radical (unpaired) electrons. The van der Waals surface area contributed by atoms with Gasteiger partial charge in [0.2, 0.25) is 0 Å². The van der Waals surface area contributed by atoms with Gasteiger partial charge in [-0.15, -0.1) is 0 Å². The van der Waals surface area contributed by atoms with Crippen LogP contribution in [0.1, 0.15) is 58.3 Å². The maximum Gasteiger partial charge on any atom is 0.187 e. The highest BCUT2D eigenvalue weighted by molar-refractivity contribution is 4.94. The van der Waals surface area contributed by atoms with Gasteiger partial charge in [0.25, 0.3) is 0 Å². The smallest absolute Gasteiger partial charge is 0.187 e. The van der Waals surface area contributed by atoms with Crippen LogP contribution in [0.4, 0.5) is 0 Å². The van der Waals surface area contributed by atoms with Crippen molar-refractivity contribution >= 4 is 0 Å². The van der Waals surface area contributed by atoms with Gasteiger partial charge in [0, 0.05) is 6.61 Å². The van der Waals surface area contributed by atoms with Crippen molar-refractivity contribution in [2.24, 2.45) is 0 Å². The number of aliphatic hydroxyl groups is 7. The molecule has 11 heteroatoms. The Kier molecular flexibility index (Phi) is 13.0. The number of rotatable bonds is 14. The molecular formula is C22H42O11. The Morgan fingerprint density at radius 1 is 0.606 bits per heavy atom. The molecule has 2 aliphatic rings. The van der Waals surface area contributed by atoms with E-state index in [0.717, 1.165) is 19.3 Å². The summed E-state index contributed by atoms with van der Waals surface area (Å²) in [7, 11) is 0.